The van der Waals surface area contributed by atoms with Gasteiger partial charge in [-0.05, 0) is 56.2 Å². The predicted molar refractivity (Wildman–Crippen MR) is 97.0 cm³/mol. The maximum atomic E-state index is 5.63. The molecule has 1 atom stereocenters. The van der Waals surface area contributed by atoms with Crippen LogP contribution in [0.1, 0.15) is 37.9 Å². The van der Waals surface area contributed by atoms with Crippen LogP contribution in [0.25, 0.3) is 0 Å². The van der Waals surface area contributed by atoms with E-state index in [1.165, 1.54) is 5.56 Å². The Balaban J connectivity index is 1.97. The molecule has 1 N–H and O–H groups in total. The number of methoxy groups -OCH3 is 1. The maximum Gasteiger partial charge on any atom is 0.161 e. The van der Waals surface area contributed by atoms with Gasteiger partial charge >= 0.3 is 0 Å². The minimum Gasteiger partial charge on any atom is -0.494 e. The molecule has 0 spiro atoms. The first-order valence-corrected chi connectivity index (χ1v) is 8.43. The fraction of sp³-hybridized carbons (Fsp3) is 0.400. The van der Waals surface area contributed by atoms with Gasteiger partial charge < -0.3 is 19.5 Å². The van der Waals surface area contributed by atoms with Crippen LogP contribution in [0.4, 0.5) is 0 Å². The van der Waals surface area contributed by atoms with Crippen LogP contribution in [0.15, 0.2) is 42.5 Å². The van der Waals surface area contributed by atoms with Crippen LogP contribution >= 0.6 is 0 Å². The Morgan fingerprint density at radius 3 is 2.25 bits per heavy atom. The van der Waals surface area contributed by atoms with Crippen molar-refractivity contribution < 1.29 is 14.2 Å². The Kier molecular flexibility index (Phi) is 6.94. The highest BCUT2D eigenvalue weighted by Gasteiger charge is 2.08. The van der Waals surface area contributed by atoms with E-state index < -0.39 is 0 Å². The molecule has 130 valence electrons. The van der Waals surface area contributed by atoms with Crippen molar-refractivity contribution in [1.29, 1.82) is 0 Å². The molecule has 0 aliphatic rings. The lowest BCUT2D eigenvalue weighted by Gasteiger charge is -2.16. The SMILES string of the molecule is CCOc1ccc(C(C)NCc2ccc(OC)c(OCC)c2)cc1. The second kappa shape index (κ2) is 9.18. The summed E-state index contributed by atoms with van der Waals surface area (Å²) in [4.78, 5) is 0. The molecule has 4 nitrogen and oxygen atoms in total. The van der Waals surface area contributed by atoms with Crippen molar-refractivity contribution in [3.63, 3.8) is 0 Å². The van der Waals surface area contributed by atoms with Gasteiger partial charge in [-0.1, -0.05) is 18.2 Å². The molecule has 0 heterocycles. The van der Waals surface area contributed by atoms with Gasteiger partial charge in [-0.3, -0.25) is 0 Å². The van der Waals surface area contributed by atoms with Gasteiger partial charge in [0.2, 0.25) is 0 Å². The van der Waals surface area contributed by atoms with E-state index >= 15 is 0 Å². The van der Waals surface area contributed by atoms with E-state index in [1.54, 1.807) is 7.11 Å². The molecule has 1 unspecified atom stereocenters. The van der Waals surface area contributed by atoms with Crippen molar-refractivity contribution in [2.45, 2.75) is 33.4 Å². The third-order valence-electron chi connectivity index (χ3n) is 3.83. The molecule has 0 aliphatic heterocycles. The summed E-state index contributed by atoms with van der Waals surface area (Å²) in [5, 5.41) is 3.54. The molecule has 0 saturated carbocycles. The van der Waals surface area contributed by atoms with E-state index in [2.05, 4.69) is 30.4 Å². The Hall–Kier alpha value is -2.20. The largest absolute Gasteiger partial charge is 0.494 e. The lowest BCUT2D eigenvalue weighted by Crippen LogP contribution is -2.18. The predicted octanol–water partition coefficient (Wildman–Crippen LogP) is 4.34. The van der Waals surface area contributed by atoms with Crippen LogP contribution in [-0.4, -0.2) is 20.3 Å². The van der Waals surface area contributed by atoms with Gasteiger partial charge in [0, 0.05) is 12.6 Å². The normalized spacial score (nSPS) is 11.8. The molecule has 0 aromatic heterocycles. The van der Waals surface area contributed by atoms with Crippen LogP contribution in [-0.2, 0) is 6.54 Å². The summed E-state index contributed by atoms with van der Waals surface area (Å²) in [6.07, 6.45) is 0. The van der Waals surface area contributed by atoms with Gasteiger partial charge in [0.05, 0.1) is 20.3 Å². The van der Waals surface area contributed by atoms with Crippen molar-refractivity contribution in [3.05, 3.63) is 53.6 Å². The van der Waals surface area contributed by atoms with Crippen molar-refractivity contribution in [3.8, 4) is 17.2 Å². The van der Waals surface area contributed by atoms with Gasteiger partial charge in [0.1, 0.15) is 5.75 Å². The van der Waals surface area contributed by atoms with Crippen LogP contribution in [0, 0.1) is 0 Å². The van der Waals surface area contributed by atoms with Crippen LogP contribution in [0.5, 0.6) is 17.2 Å². The maximum absolute atomic E-state index is 5.63. The first kappa shape index (κ1) is 18.1. The molecule has 0 fully saturated rings. The Bertz CT molecular complexity index is 625. The van der Waals surface area contributed by atoms with Crippen molar-refractivity contribution in [2.24, 2.45) is 0 Å². The molecule has 24 heavy (non-hydrogen) atoms. The summed E-state index contributed by atoms with van der Waals surface area (Å²) >= 11 is 0. The smallest absolute Gasteiger partial charge is 0.161 e. The minimum absolute atomic E-state index is 0.248. The lowest BCUT2D eigenvalue weighted by atomic mass is 10.1. The van der Waals surface area contributed by atoms with Crippen LogP contribution < -0.4 is 19.5 Å². The molecule has 0 amide bonds. The zero-order chi connectivity index (χ0) is 17.4. The fourth-order valence-electron chi connectivity index (χ4n) is 2.51. The number of hydrogen-bond donors (Lipinski definition) is 1. The highest BCUT2D eigenvalue weighted by molar-refractivity contribution is 5.43. The Labute approximate surface area is 144 Å². The molecule has 2 aromatic rings. The second-order valence-corrected chi connectivity index (χ2v) is 5.52. The second-order valence-electron chi connectivity index (χ2n) is 5.52. The average molecular weight is 329 g/mol. The number of hydrogen-bond acceptors (Lipinski definition) is 4. The Morgan fingerprint density at radius 1 is 0.917 bits per heavy atom. The summed E-state index contributed by atoms with van der Waals surface area (Å²) in [5.74, 6) is 2.46. The Morgan fingerprint density at radius 2 is 1.62 bits per heavy atom. The zero-order valence-corrected chi connectivity index (χ0v) is 15.0. The molecule has 0 aliphatic carbocycles. The fourth-order valence-corrected chi connectivity index (χ4v) is 2.51. The lowest BCUT2D eigenvalue weighted by molar-refractivity contribution is 0.310. The summed E-state index contributed by atoms with van der Waals surface area (Å²) in [6, 6.07) is 14.5. The quantitative estimate of drug-likeness (QED) is 0.743. The minimum atomic E-state index is 0.248. The highest BCUT2D eigenvalue weighted by atomic mass is 16.5. The van der Waals surface area contributed by atoms with Gasteiger partial charge in [-0.15, -0.1) is 0 Å². The topological polar surface area (TPSA) is 39.7 Å². The molecular formula is C20H27NO3. The summed E-state index contributed by atoms with van der Waals surface area (Å²) < 4.78 is 16.4. The number of rotatable bonds is 9. The first-order chi connectivity index (χ1) is 11.7. The first-order valence-electron chi connectivity index (χ1n) is 8.43. The van der Waals surface area contributed by atoms with E-state index in [0.717, 1.165) is 29.4 Å². The van der Waals surface area contributed by atoms with Crippen molar-refractivity contribution >= 4 is 0 Å². The molecule has 4 heteroatoms. The molecule has 0 saturated heterocycles. The summed E-state index contributed by atoms with van der Waals surface area (Å²) in [5.41, 5.74) is 2.40. The van der Waals surface area contributed by atoms with Crippen LogP contribution in [0.2, 0.25) is 0 Å². The number of benzene rings is 2. The average Bonchev–Trinajstić information content (AvgIpc) is 2.61. The molecule has 2 rings (SSSR count). The van der Waals surface area contributed by atoms with E-state index in [1.807, 2.05) is 38.1 Å². The molecule has 0 bridgehead atoms. The standard InChI is InChI=1S/C20H27NO3/c1-5-23-18-10-8-17(9-11-18)15(3)21-14-16-7-12-19(22-4)20(13-16)24-6-2/h7-13,15,21H,5-6,14H2,1-4H3. The highest BCUT2D eigenvalue weighted by Crippen LogP contribution is 2.28. The monoisotopic (exact) mass is 329 g/mol. The molecule has 0 radical (unpaired) electrons. The van der Waals surface area contributed by atoms with E-state index in [9.17, 15) is 0 Å². The van der Waals surface area contributed by atoms with E-state index in [0.29, 0.717) is 13.2 Å². The summed E-state index contributed by atoms with van der Waals surface area (Å²) in [6.45, 7) is 8.19. The number of ether oxygens (including phenoxy) is 3. The third kappa shape index (κ3) is 4.90. The summed E-state index contributed by atoms with van der Waals surface area (Å²) in [7, 11) is 1.66. The molecule has 2 aromatic carbocycles. The zero-order valence-electron chi connectivity index (χ0n) is 15.0. The van der Waals surface area contributed by atoms with E-state index in [-0.39, 0.29) is 6.04 Å². The van der Waals surface area contributed by atoms with Crippen LogP contribution in [0.3, 0.4) is 0 Å². The van der Waals surface area contributed by atoms with Crippen molar-refractivity contribution in [1.82, 2.24) is 5.32 Å². The van der Waals surface area contributed by atoms with Crippen molar-refractivity contribution in [2.75, 3.05) is 20.3 Å². The van der Waals surface area contributed by atoms with Gasteiger partial charge in [-0.2, -0.15) is 0 Å². The number of nitrogens with one attached hydrogen (secondary N) is 1. The third-order valence-corrected chi connectivity index (χ3v) is 3.83. The molecular weight excluding hydrogens is 302 g/mol. The van der Waals surface area contributed by atoms with E-state index in [4.69, 9.17) is 14.2 Å². The van der Waals surface area contributed by atoms with Gasteiger partial charge in [0.15, 0.2) is 11.5 Å². The van der Waals surface area contributed by atoms with Gasteiger partial charge in [-0.25, -0.2) is 0 Å². The van der Waals surface area contributed by atoms with Gasteiger partial charge in [0.25, 0.3) is 0 Å².